The van der Waals surface area contributed by atoms with E-state index in [1.54, 1.807) is 17.7 Å². The molecule has 1 atom stereocenters. The monoisotopic (exact) mass is 234 g/mol. The molecule has 0 radical (unpaired) electrons. The summed E-state index contributed by atoms with van der Waals surface area (Å²) in [5.74, 6) is 1.71. The van der Waals surface area contributed by atoms with Gasteiger partial charge in [0.1, 0.15) is 12.1 Å². The molecule has 0 saturated carbocycles. The fourth-order valence-corrected chi connectivity index (χ4v) is 2.86. The zero-order valence-corrected chi connectivity index (χ0v) is 9.76. The summed E-state index contributed by atoms with van der Waals surface area (Å²) < 4.78 is 1.16. The van der Waals surface area contributed by atoms with Gasteiger partial charge in [-0.05, 0) is 36.9 Å². The molecule has 1 aliphatic rings. The Balaban J connectivity index is 1.75. The zero-order chi connectivity index (χ0) is 10.8. The van der Waals surface area contributed by atoms with Crippen LogP contribution in [0.4, 0.5) is 5.82 Å². The molecule has 1 unspecified atom stereocenters. The van der Waals surface area contributed by atoms with Gasteiger partial charge in [0.25, 0.3) is 0 Å². The lowest BCUT2D eigenvalue weighted by atomic mass is 10.1. The third-order valence-corrected chi connectivity index (χ3v) is 3.87. The van der Waals surface area contributed by atoms with Crippen LogP contribution in [-0.2, 0) is 0 Å². The number of thiophene rings is 1. The largest absolute Gasteiger partial charge is 0.368 e. The second-order valence-electron chi connectivity index (χ2n) is 4.10. The van der Waals surface area contributed by atoms with Crippen LogP contribution >= 0.6 is 11.3 Å². The molecule has 2 aromatic heterocycles. The highest BCUT2D eigenvalue weighted by molar-refractivity contribution is 7.17. The molecule has 3 heterocycles. The van der Waals surface area contributed by atoms with Crippen molar-refractivity contribution in [2.24, 2.45) is 5.92 Å². The van der Waals surface area contributed by atoms with Crippen molar-refractivity contribution >= 4 is 27.4 Å². The predicted molar refractivity (Wildman–Crippen MR) is 66.9 cm³/mol. The van der Waals surface area contributed by atoms with Crippen LogP contribution in [-0.4, -0.2) is 29.6 Å². The van der Waals surface area contributed by atoms with Gasteiger partial charge in [-0.1, -0.05) is 0 Å². The van der Waals surface area contributed by atoms with E-state index in [0.29, 0.717) is 0 Å². The van der Waals surface area contributed by atoms with E-state index in [-0.39, 0.29) is 0 Å². The van der Waals surface area contributed by atoms with E-state index in [1.807, 2.05) is 6.07 Å². The number of hydrogen-bond acceptors (Lipinski definition) is 5. The molecule has 3 rings (SSSR count). The average molecular weight is 234 g/mol. The maximum atomic E-state index is 4.31. The summed E-state index contributed by atoms with van der Waals surface area (Å²) in [6, 6.07) is 2.03. The predicted octanol–water partition coefficient (Wildman–Crippen LogP) is 1.71. The standard InChI is InChI=1S/C11H14N4S/c1-3-12-5-8(1)6-13-11-10-9(2-4-16-10)14-7-15-11/h2,4,7-8,12H,1,3,5-6H2,(H,13,14,15). The van der Waals surface area contributed by atoms with Crippen LogP contribution in [0, 0.1) is 5.92 Å². The molecule has 0 bridgehead atoms. The molecular weight excluding hydrogens is 220 g/mol. The summed E-state index contributed by atoms with van der Waals surface area (Å²) in [5, 5.41) is 8.86. The summed E-state index contributed by atoms with van der Waals surface area (Å²) in [6.45, 7) is 3.26. The topological polar surface area (TPSA) is 49.8 Å². The molecule has 5 heteroatoms. The van der Waals surface area contributed by atoms with Crippen molar-refractivity contribution in [3.05, 3.63) is 17.8 Å². The molecule has 0 spiro atoms. The fraction of sp³-hybridized carbons (Fsp3) is 0.455. The van der Waals surface area contributed by atoms with Gasteiger partial charge in [0.15, 0.2) is 0 Å². The van der Waals surface area contributed by atoms with E-state index in [9.17, 15) is 0 Å². The maximum Gasteiger partial charge on any atom is 0.147 e. The van der Waals surface area contributed by atoms with Crippen molar-refractivity contribution in [2.75, 3.05) is 25.0 Å². The molecular formula is C11H14N4S. The van der Waals surface area contributed by atoms with Crippen molar-refractivity contribution in [1.29, 1.82) is 0 Å². The Morgan fingerprint density at radius 2 is 2.50 bits per heavy atom. The molecule has 1 saturated heterocycles. The first-order valence-corrected chi connectivity index (χ1v) is 6.44. The van der Waals surface area contributed by atoms with E-state index in [1.165, 1.54) is 6.42 Å². The summed E-state index contributed by atoms with van der Waals surface area (Å²) in [6.07, 6.45) is 2.88. The Bertz CT molecular complexity index is 476. The van der Waals surface area contributed by atoms with E-state index < -0.39 is 0 Å². The highest BCUT2D eigenvalue weighted by Crippen LogP contribution is 2.25. The number of anilines is 1. The second kappa shape index (κ2) is 4.35. The first-order chi connectivity index (χ1) is 7.93. The second-order valence-corrected chi connectivity index (χ2v) is 5.01. The molecule has 1 aliphatic heterocycles. The minimum absolute atomic E-state index is 0.727. The summed E-state index contributed by atoms with van der Waals surface area (Å²) >= 11 is 1.69. The van der Waals surface area contributed by atoms with Gasteiger partial charge in [0.05, 0.1) is 10.2 Å². The number of rotatable bonds is 3. The van der Waals surface area contributed by atoms with Gasteiger partial charge in [-0.25, -0.2) is 9.97 Å². The van der Waals surface area contributed by atoms with Crippen LogP contribution in [0.15, 0.2) is 17.8 Å². The Kier molecular flexibility index (Phi) is 2.71. The molecule has 1 fully saturated rings. The van der Waals surface area contributed by atoms with Crippen molar-refractivity contribution in [3.63, 3.8) is 0 Å². The normalized spacial score (nSPS) is 20.4. The van der Waals surface area contributed by atoms with Gasteiger partial charge >= 0.3 is 0 Å². The molecule has 0 aromatic carbocycles. The van der Waals surface area contributed by atoms with E-state index in [2.05, 4.69) is 26.0 Å². The Hall–Kier alpha value is -1.20. The van der Waals surface area contributed by atoms with E-state index >= 15 is 0 Å². The van der Waals surface area contributed by atoms with Gasteiger partial charge in [-0.2, -0.15) is 0 Å². The number of nitrogens with one attached hydrogen (secondary N) is 2. The lowest BCUT2D eigenvalue weighted by molar-refractivity contribution is 0.614. The van der Waals surface area contributed by atoms with Crippen molar-refractivity contribution in [1.82, 2.24) is 15.3 Å². The molecule has 2 N–H and O–H groups in total. The molecule has 84 valence electrons. The van der Waals surface area contributed by atoms with Gasteiger partial charge in [-0.3, -0.25) is 0 Å². The maximum absolute atomic E-state index is 4.31. The smallest absolute Gasteiger partial charge is 0.147 e. The van der Waals surface area contributed by atoms with Crippen molar-refractivity contribution in [2.45, 2.75) is 6.42 Å². The first-order valence-electron chi connectivity index (χ1n) is 5.56. The SMILES string of the molecule is c1nc(NCC2CCNC2)c2sccc2n1. The molecule has 16 heavy (non-hydrogen) atoms. The quantitative estimate of drug-likeness (QED) is 0.849. The third kappa shape index (κ3) is 1.88. The van der Waals surface area contributed by atoms with Crippen molar-refractivity contribution in [3.8, 4) is 0 Å². The van der Waals surface area contributed by atoms with Gasteiger partial charge in [-0.15, -0.1) is 11.3 Å². The summed E-state index contributed by atoms with van der Waals surface area (Å²) in [4.78, 5) is 8.54. The fourth-order valence-electron chi connectivity index (χ4n) is 2.04. The van der Waals surface area contributed by atoms with Crippen LogP contribution in [0.25, 0.3) is 10.2 Å². The summed E-state index contributed by atoms with van der Waals surface area (Å²) in [7, 11) is 0. The number of aromatic nitrogens is 2. The Morgan fingerprint density at radius 1 is 1.50 bits per heavy atom. The van der Waals surface area contributed by atoms with Gasteiger partial charge < -0.3 is 10.6 Å². The van der Waals surface area contributed by atoms with Crippen molar-refractivity contribution < 1.29 is 0 Å². The Morgan fingerprint density at radius 3 is 3.38 bits per heavy atom. The summed E-state index contributed by atoms with van der Waals surface area (Å²) in [5.41, 5.74) is 1.03. The zero-order valence-electron chi connectivity index (χ0n) is 8.94. The van der Waals surface area contributed by atoms with Gasteiger partial charge in [0.2, 0.25) is 0 Å². The molecule has 0 amide bonds. The van der Waals surface area contributed by atoms with E-state index in [0.717, 1.165) is 41.6 Å². The number of nitrogens with zero attached hydrogens (tertiary/aromatic N) is 2. The third-order valence-electron chi connectivity index (χ3n) is 2.96. The van der Waals surface area contributed by atoms with E-state index in [4.69, 9.17) is 0 Å². The molecule has 4 nitrogen and oxygen atoms in total. The average Bonchev–Trinajstić information content (AvgIpc) is 2.97. The Labute approximate surface area is 98.1 Å². The van der Waals surface area contributed by atoms with Crippen LogP contribution < -0.4 is 10.6 Å². The number of fused-ring (bicyclic) bond motifs is 1. The van der Waals surface area contributed by atoms with Gasteiger partial charge in [0, 0.05) is 6.54 Å². The molecule has 2 aromatic rings. The van der Waals surface area contributed by atoms with Crippen LogP contribution in [0.5, 0.6) is 0 Å². The van der Waals surface area contributed by atoms with Crippen LogP contribution in [0.3, 0.4) is 0 Å². The first kappa shape index (κ1) is 9.99. The van der Waals surface area contributed by atoms with Crippen LogP contribution in [0.2, 0.25) is 0 Å². The minimum Gasteiger partial charge on any atom is -0.368 e. The lowest BCUT2D eigenvalue weighted by Gasteiger charge is -2.10. The highest BCUT2D eigenvalue weighted by Gasteiger charge is 2.14. The minimum atomic E-state index is 0.727. The number of hydrogen-bond donors (Lipinski definition) is 2. The lowest BCUT2D eigenvalue weighted by Crippen LogP contribution is -2.17. The molecule has 0 aliphatic carbocycles. The van der Waals surface area contributed by atoms with Crippen LogP contribution in [0.1, 0.15) is 6.42 Å². The highest BCUT2D eigenvalue weighted by atomic mass is 32.1.